The molecule has 0 saturated carbocycles. The summed E-state index contributed by atoms with van der Waals surface area (Å²) in [4.78, 5) is 38.2. The van der Waals surface area contributed by atoms with Crippen LogP contribution in [-0.2, 0) is 17.6 Å². The molecule has 2 aromatic heterocycles. The van der Waals surface area contributed by atoms with Crippen LogP contribution in [0.4, 0.5) is 11.9 Å². The zero-order valence-corrected chi connectivity index (χ0v) is 24.7. The van der Waals surface area contributed by atoms with Crippen LogP contribution < -0.4 is 10.6 Å². The van der Waals surface area contributed by atoms with Crippen molar-refractivity contribution in [3.8, 4) is 11.3 Å². The molecule has 222 valence electrons. The van der Waals surface area contributed by atoms with E-state index in [0.29, 0.717) is 19.1 Å². The number of morpholine rings is 1. The van der Waals surface area contributed by atoms with E-state index in [1.54, 1.807) is 12.4 Å². The quantitative estimate of drug-likeness (QED) is 0.367. The van der Waals surface area contributed by atoms with Crippen LogP contribution in [0.15, 0.2) is 48.8 Å². The molecule has 1 aliphatic carbocycles. The molecule has 2 N–H and O–H groups in total. The molecule has 0 radical (unpaired) electrons. The number of rotatable bonds is 6. The smallest absolute Gasteiger partial charge is 0.253 e. The Morgan fingerprint density at radius 2 is 1.70 bits per heavy atom. The molecule has 4 heterocycles. The van der Waals surface area contributed by atoms with E-state index in [1.165, 1.54) is 16.5 Å². The summed E-state index contributed by atoms with van der Waals surface area (Å²) in [5.74, 6) is 1.50. The van der Waals surface area contributed by atoms with E-state index in [-0.39, 0.29) is 11.9 Å². The second kappa shape index (κ2) is 11.9. The van der Waals surface area contributed by atoms with Crippen LogP contribution in [0.25, 0.3) is 22.0 Å². The number of carbonyl (C=O) groups is 1. The van der Waals surface area contributed by atoms with Gasteiger partial charge < -0.3 is 25.2 Å². The van der Waals surface area contributed by atoms with Gasteiger partial charge in [0.05, 0.1) is 24.6 Å². The highest BCUT2D eigenvalue weighted by molar-refractivity contribution is 5.98. The van der Waals surface area contributed by atoms with E-state index in [1.807, 2.05) is 17.0 Å². The molecule has 3 aliphatic rings. The number of hydrogen-bond acceptors (Lipinski definition) is 9. The molecule has 2 fully saturated rings. The number of amides is 1. The Morgan fingerprint density at radius 1 is 0.953 bits per heavy atom. The van der Waals surface area contributed by atoms with Crippen LogP contribution in [0.5, 0.6) is 0 Å². The number of ether oxygens (including phenoxy) is 1. The number of likely N-dealkylation sites (N-methyl/N-ethyl adjacent to an activating group) is 1. The van der Waals surface area contributed by atoms with Crippen LogP contribution >= 0.6 is 0 Å². The second-order valence-electron chi connectivity index (χ2n) is 11.9. The molecule has 2 aliphatic heterocycles. The van der Waals surface area contributed by atoms with E-state index in [4.69, 9.17) is 20.4 Å². The minimum atomic E-state index is 0.127. The van der Waals surface area contributed by atoms with Gasteiger partial charge in [-0.3, -0.25) is 4.79 Å². The predicted octanol–water partition coefficient (Wildman–Crippen LogP) is 3.56. The Labute approximate surface area is 251 Å². The van der Waals surface area contributed by atoms with E-state index < -0.39 is 0 Å². The number of aryl methyl sites for hydroxylation is 1. The van der Waals surface area contributed by atoms with E-state index in [2.05, 4.69) is 51.1 Å². The predicted molar refractivity (Wildman–Crippen MR) is 167 cm³/mol. The van der Waals surface area contributed by atoms with Gasteiger partial charge in [-0.2, -0.15) is 0 Å². The topological polar surface area (TPSA) is 114 Å². The molecule has 4 aromatic rings. The summed E-state index contributed by atoms with van der Waals surface area (Å²) >= 11 is 0. The number of hydrogen-bond donors (Lipinski definition) is 1. The van der Waals surface area contributed by atoms with Gasteiger partial charge >= 0.3 is 0 Å². The normalized spacial score (nSPS) is 19.1. The largest absolute Gasteiger partial charge is 0.378 e. The third-order valence-electron chi connectivity index (χ3n) is 9.12. The Morgan fingerprint density at radius 3 is 2.49 bits per heavy atom. The summed E-state index contributed by atoms with van der Waals surface area (Å²) in [5.41, 5.74) is 12.0. The van der Waals surface area contributed by atoms with E-state index >= 15 is 0 Å². The van der Waals surface area contributed by atoms with Gasteiger partial charge in [0.25, 0.3) is 5.91 Å². The summed E-state index contributed by atoms with van der Waals surface area (Å²) in [6, 6.07) is 12.7. The summed E-state index contributed by atoms with van der Waals surface area (Å²) in [7, 11) is 2.10. The summed E-state index contributed by atoms with van der Waals surface area (Å²) < 4.78 is 5.58. The van der Waals surface area contributed by atoms with Crippen LogP contribution in [0.1, 0.15) is 45.9 Å². The molecule has 0 bridgehead atoms. The lowest BCUT2D eigenvalue weighted by atomic mass is 9.95. The van der Waals surface area contributed by atoms with Crippen molar-refractivity contribution in [1.82, 2.24) is 29.7 Å². The molecule has 1 atom stereocenters. The fourth-order valence-corrected chi connectivity index (χ4v) is 6.53. The minimum absolute atomic E-state index is 0.127. The van der Waals surface area contributed by atoms with Gasteiger partial charge in [-0.25, -0.2) is 19.9 Å². The Kier molecular flexibility index (Phi) is 7.63. The number of piperazine rings is 1. The lowest BCUT2D eigenvalue weighted by Crippen LogP contribution is -2.47. The molecular weight excluding hydrogens is 540 g/mol. The van der Waals surface area contributed by atoms with E-state index in [9.17, 15) is 4.79 Å². The number of nitrogens with two attached hydrogens (primary N) is 1. The fraction of sp³-hybridized carbons (Fsp3) is 0.424. The number of nitrogen functional groups attached to an aromatic ring is 1. The number of carbonyl (C=O) groups excluding carboxylic acids is 1. The first-order valence-corrected chi connectivity index (χ1v) is 15.3. The van der Waals surface area contributed by atoms with Crippen molar-refractivity contribution in [2.45, 2.75) is 31.6 Å². The average Bonchev–Trinajstić information content (AvgIpc) is 3.47. The van der Waals surface area contributed by atoms with Gasteiger partial charge in [-0.05, 0) is 61.2 Å². The standard InChI is InChI=1S/C33H38N8O2/c1-39-10-12-40(13-11-39)31(42)26-7-6-24-18-22(3-5-25(24)19-26)2-4-23-8-9-28-29(23)37-33(41-14-16-43-17-15-41)38-30(28)27-20-35-32(34)36-21-27/h3,5-7,18-21,23H,2,4,8-17H2,1H3,(H2,34,35,36)/t23-/m0/s1. The Balaban J connectivity index is 1.10. The molecule has 43 heavy (non-hydrogen) atoms. The Bertz CT molecular complexity index is 1630. The van der Waals surface area contributed by atoms with Crippen molar-refractivity contribution in [2.75, 3.05) is 70.2 Å². The summed E-state index contributed by atoms with van der Waals surface area (Å²) in [5, 5.41) is 2.27. The van der Waals surface area contributed by atoms with Crippen molar-refractivity contribution in [2.24, 2.45) is 0 Å². The first kappa shape index (κ1) is 27.7. The van der Waals surface area contributed by atoms with Crippen LogP contribution in [0.3, 0.4) is 0 Å². The second-order valence-corrected chi connectivity index (χ2v) is 11.9. The van der Waals surface area contributed by atoms with Crippen LogP contribution in [0.2, 0.25) is 0 Å². The zero-order valence-electron chi connectivity index (χ0n) is 24.7. The molecule has 0 spiro atoms. The fourth-order valence-electron chi connectivity index (χ4n) is 6.53. The molecular formula is C33H38N8O2. The van der Waals surface area contributed by atoms with Gasteiger partial charge in [0.2, 0.25) is 11.9 Å². The number of fused-ring (bicyclic) bond motifs is 2. The first-order valence-electron chi connectivity index (χ1n) is 15.3. The van der Waals surface area contributed by atoms with E-state index in [0.717, 1.165) is 98.8 Å². The molecule has 0 unspecified atom stereocenters. The summed E-state index contributed by atoms with van der Waals surface area (Å²) in [6.45, 7) is 6.32. The molecule has 10 nitrogen and oxygen atoms in total. The molecule has 2 saturated heterocycles. The van der Waals surface area contributed by atoms with Crippen molar-refractivity contribution in [3.05, 3.63) is 71.2 Å². The highest BCUT2D eigenvalue weighted by atomic mass is 16.5. The maximum atomic E-state index is 13.1. The Hall–Kier alpha value is -4.15. The number of aromatic nitrogens is 4. The minimum Gasteiger partial charge on any atom is -0.378 e. The van der Waals surface area contributed by atoms with Crippen LogP contribution in [0, 0.1) is 0 Å². The monoisotopic (exact) mass is 578 g/mol. The lowest BCUT2D eigenvalue weighted by molar-refractivity contribution is 0.0664. The van der Waals surface area contributed by atoms with Crippen LogP contribution in [-0.4, -0.2) is 95.2 Å². The molecule has 2 aromatic carbocycles. The maximum absolute atomic E-state index is 13.1. The van der Waals surface area contributed by atoms with Crippen molar-refractivity contribution in [1.29, 1.82) is 0 Å². The van der Waals surface area contributed by atoms with Crippen molar-refractivity contribution < 1.29 is 9.53 Å². The third kappa shape index (κ3) is 5.77. The molecule has 10 heteroatoms. The van der Waals surface area contributed by atoms with Crippen molar-refractivity contribution >= 4 is 28.6 Å². The number of benzene rings is 2. The highest BCUT2D eigenvalue weighted by Crippen LogP contribution is 2.40. The van der Waals surface area contributed by atoms with Gasteiger partial charge in [-0.15, -0.1) is 0 Å². The van der Waals surface area contributed by atoms with Gasteiger partial charge in [-0.1, -0.05) is 24.3 Å². The van der Waals surface area contributed by atoms with Gasteiger partial charge in [0, 0.05) is 74.3 Å². The molecule has 7 rings (SSSR count). The van der Waals surface area contributed by atoms with Gasteiger partial charge in [0.1, 0.15) is 0 Å². The first-order chi connectivity index (χ1) is 21.0. The third-order valence-corrected chi connectivity index (χ3v) is 9.12. The zero-order chi connectivity index (χ0) is 29.3. The highest BCUT2D eigenvalue weighted by Gasteiger charge is 2.30. The van der Waals surface area contributed by atoms with Gasteiger partial charge in [0.15, 0.2) is 0 Å². The SMILES string of the molecule is CN1CCN(C(=O)c2ccc3cc(CC[C@H]4CCc5c(-c6cnc(N)nc6)nc(N6CCOCC6)nc54)ccc3c2)CC1. The average molecular weight is 579 g/mol. The van der Waals surface area contributed by atoms with Crippen molar-refractivity contribution in [3.63, 3.8) is 0 Å². The summed E-state index contributed by atoms with van der Waals surface area (Å²) in [6.07, 6.45) is 7.48. The molecule has 1 amide bonds. The number of nitrogens with zero attached hydrogens (tertiary/aromatic N) is 7. The number of anilines is 2. The maximum Gasteiger partial charge on any atom is 0.253 e. The lowest BCUT2D eigenvalue weighted by Gasteiger charge is -2.32.